The van der Waals surface area contributed by atoms with Crippen LogP contribution < -0.4 is 10.1 Å². The molecule has 4 nitrogen and oxygen atoms in total. The van der Waals surface area contributed by atoms with E-state index < -0.39 is 0 Å². The van der Waals surface area contributed by atoms with Crippen LogP contribution in [0.15, 0.2) is 42.5 Å². The third-order valence-electron chi connectivity index (χ3n) is 4.67. The molecule has 1 aromatic heterocycles. The normalized spacial score (nSPS) is 12.8. The van der Waals surface area contributed by atoms with E-state index in [0.29, 0.717) is 5.02 Å². The van der Waals surface area contributed by atoms with Crippen LogP contribution in [0, 0.1) is 0 Å². The molecule has 128 valence electrons. The van der Waals surface area contributed by atoms with E-state index in [0.717, 1.165) is 47.9 Å². The highest BCUT2D eigenvalue weighted by Crippen LogP contribution is 2.39. The number of benzene rings is 2. The average Bonchev–Trinajstić information content (AvgIpc) is 3.24. The van der Waals surface area contributed by atoms with Crippen molar-refractivity contribution in [1.82, 2.24) is 9.78 Å². The van der Waals surface area contributed by atoms with Crippen molar-refractivity contribution in [3.63, 3.8) is 0 Å². The molecule has 1 aliphatic rings. The van der Waals surface area contributed by atoms with Gasteiger partial charge >= 0.3 is 0 Å². The number of anilines is 1. The Morgan fingerprint density at radius 1 is 1.24 bits per heavy atom. The molecule has 25 heavy (non-hydrogen) atoms. The minimum Gasteiger partial charge on any atom is -0.496 e. The van der Waals surface area contributed by atoms with Gasteiger partial charge < -0.3 is 10.1 Å². The maximum atomic E-state index is 6.24. The number of nitrogens with one attached hydrogen (secondary N) is 1. The molecule has 1 aliphatic heterocycles. The Morgan fingerprint density at radius 2 is 2.08 bits per heavy atom. The first-order chi connectivity index (χ1) is 12.2. The summed E-state index contributed by atoms with van der Waals surface area (Å²) < 4.78 is 7.57. The van der Waals surface area contributed by atoms with Crippen LogP contribution in [0.5, 0.6) is 5.75 Å². The second kappa shape index (κ2) is 6.45. The van der Waals surface area contributed by atoms with Crippen LogP contribution in [-0.4, -0.2) is 23.4 Å². The monoisotopic (exact) mass is 353 g/mol. The zero-order valence-corrected chi connectivity index (χ0v) is 15.1. The fourth-order valence-electron chi connectivity index (χ4n) is 3.45. The Labute approximate surface area is 152 Å². The van der Waals surface area contributed by atoms with Crippen molar-refractivity contribution in [3.05, 3.63) is 58.6 Å². The minimum absolute atomic E-state index is 0.680. The number of ether oxygens (including phenoxy) is 1. The molecule has 2 aromatic carbocycles. The van der Waals surface area contributed by atoms with Gasteiger partial charge in [-0.15, -0.1) is 0 Å². The van der Waals surface area contributed by atoms with Crippen molar-refractivity contribution >= 4 is 17.4 Å². The summed E-state index contributed by atoms with van der Waals surface area (Å²) in [5.74, 6) is 1.85. The van der Waals surface area contributed by atoms with E-state index in [1.807, 2.05) is 22.9 Å². The van der Waals surface area contributed by atoms with E-state index in [-0.39, 0.29) is 0 Å². The summed E-state index contributed by atoms with van der Waals surface area (Å²) in [6, 6.07) is 14.1. The first kappa shape index (κ1) is 16.0. The number of rotatable bonds is 4. The van der Waals surface area contributed by atoms with Crippen LogP contribution >= 0.6 is 11.6 Å². The van der Waals surface area contributed by atoms with Gasteiger partial charge in [-0.2, -0.15) is 5.10 Å². The van der Waals surface area contributed by atoms with Crippen LogP contribution in [0.1, 0.15) is 18.1 Å². The molecule has 0 aliphatic carbocycles. The van der Waals surface area contributed by atoms with Gasteiger partial charge in [-0.05, 0) is 42.7 Å². The van der Waals surface area contributed by atoms with Gasteiger partial charge in [0.2, 0.25) is 0 Å². The Hall–Kier alpha value is -2.46. The molecule has 1 N–H and O–H groups in total. The highest BCUT2D eigenvalue weighted by Gasteiger charge is 2.26. The number of aromatic nitrogens is 2. The molecular formula is C20H20ClN3O. The molecule has 0 atom stereocenters. The lowest BCUT2D eigenvalue weighted by atomic mass is 10.1. The van der Waals surface area contributed by atoms with Crippen LogP contribution in [-0.2, 0) is 12.8 Å². The first-order valence-electron chi connectivity index (χ1n) is 8.51. The van der Waals surface area contributed by atoms with Crippen molar-refractivity contribution in [2.24, 2.45) is 0 Å². The number of halogens is 1. The van der Waals surface area contributed by atoms with E-state index in [1.165, 1.54) is 11.1 Å². The fraction of sp³-hybridized carbons (Fsp3) is 0.250. The Bertz CT molecular complexity index is 933. The Balaban J connectivity index is 1.94. The summed E-state index contributed by atoms with van der Waals surface area (Å²) in [4.78, 5) is 0. The molecule has 3 aromatic rings. The lowest BCUT2D eigenvalue weighted by Gasteiger charge is -2.11. The molecule has 0 bridgehead atoms. The van der Waals surface area contributed by atoms with E-state index in [1.54, 1.807) is 7.11 Å². The zero-order chi connectivity index (χ0) is 17.4. The molecule has 5 heteroatoms. The van der Waals surface area contributed by atoms with E-state index in [2.05, 4.69) is 36.5 Å². The van der Waals surface area contributed by atoms with E-state index >= 15 is 0 Å². The van der Waals surface area contributed by atoms with Crippen molar-refractivity contribution in [3.8, 4) is 22.7 Å². The quantitative estimate of drug-likeness (QED) is 0.736. The summed E-state index contributed by atoms with van der Waals surface area (Å²) in [5.41, 5.74) is 5.47. The summed E-state index contributed by atoms with van der Waals surface area (Å²) in [7, 11) is 1.68. The molecule has 2 heterocycles. The van der Waals surface area contributed by atoms with Gasteiger partial charge in [0.1, 0.15) is 17.3 Å². The summed E-state index contributed by atoms with van der Waals surface area (Å²) in [6.45, 7) is 3.08. The van der Waals surface area contributed by atoms with Crippen molar-refractivity contribution in [2.45, 2.75) is 19.8 Å². The summed E-state index contributed by atoms with van der Waals surface area (Å²) in [5, 5.41) is 9.11. The number of fused-ring (bicyclic) bond motifs is 1. The molecule has 0 spiro atoms. The zero-order valence-electron chi connectivity index (χ0n) is 14.3. The largest absolute Gasteiger partial charge is 0.496 e. The highest BCUT2D eigenvalue weighted by molar-refractivity contribution is 6.31. The smallest absolute Gasteiger partial charge is 0.133 e. The molecule has 0 saturated heterocycles. The molecular weight excluding hydrogens is 334 g/mol. The lowest BCUT2D eigenvalue weighted by molar-refractivity contribution is 0.416. The standard InChI is InChI=1S/C20H20ClN3O/c1-3-13-6-4-5-7-17(13)24-20-15(10-11-22-20)19(23-24)16-12-14(21)8-9-18(16)25-2/h4-9,12,22H,3,10-11H2,1-2H3. The van der Waals surface area contributed by atoms with Crippen molar-refractivity contribution < 1.29 is 4.74 Å². The first-order valence-corrected chi connectivity index (χ1v) is 8.88. The van der Waals surface area contributed by atoms with Gasteiger partial charge in [-0.1, -0.05) is 36.7 Å². The van der Waals surface area contributed by atoms with E-state index in [9.17, 15) is 0 Å². The van der Waals surface area contributed by atoms with Crippen LogP contribution in [0.3, 0.4) is 0 Å². The number of methoxy groups -OCH3 is 1. The maximum Gasteiger partial charge on any atom is 0.133 e. The summed E-state index contributed by atoms with van der Waals surface area (Å²) in [6.07, 6.45) is 1.90. The lowest BCUT2D eigenvalue weighted by Crippen LogP contribution is -2.06. The Morgan fingerprint density at radius 3 is 2.88 bits per heavy atom. The number of nitrogens with zero attached hydrogens (tertiary/aromatic N) is 2. The predicted octanol–water partition coefficient (Wildman–Crippen LogP) is 4.73. The Kier molecular flexibility index (Phi) is 4.14. The highest BCUT2D eigenvalue weighted by atomic mass is 35.5. The minimum atomic E-state index is 0.680. The second-order valence-corrected chi connectivity index (χ2v) is 6.53. The second-order valence-electron chi connectivity index (χ2n) is 6.09. The third kappa shape index (κ3) is 2.67. The molecule has 0 radical (unpaired) electrons. The average molecular weight is 354 g/mol. The molecule has 0 saturated carbocycles. The summed E-state index contributed by atoms with van der Waals surface area (Å²) >= 11 is 6.24. The van der Waals surface area contributed by atoms with Gasteiger partial charge in [0.15, 0.2) is 0 Å². The number of aryl methyl sites for hydroxylation is 1. The van der Waals surface area contributed by atoms with Gasteiger partial charge in [-0.3, -0.25) is 0 Å². The van der Waals surface area contributed by atoms with Crippen molar-refractivity contribution in [1.29, 1.82) is 0 Å². The van der Waals surface area contributed by atoms with Crippen LogP contribution in [0.4, 0.5) is 5.82 Å². The number of hydrogen-bond acceptors (Lipinski definition) is 3. The van der Waals surface area contributed by atoms with Gasteiger partial charge in [0, 0.05) is 22.7 Å². The molecule has 0 unspecified atom stereocenters. The van der Waals surface area contributed by atoms with Crippen LogP contribution in [0.2, 0.25) is 5.02 Å². The van der Waals surface area contributed by atoms with E-state index in [4.69, 9.17) is 21.4 Å². The van der Waals surface area contributed by atoms with Gasteiger partial charge in [0.25, 0.3) is 0 Å². The molecule has 4 rings (SSSR count). The van der Waals surface area contributed by atoms with Crippen molar-refractivity contribution in [2.75, 3.05) is 19.0 Å². The molecule has 0 fully saturated rings. The topological polar surface area (TPSA) is 39.1 Å². The maximum absolute atomic E-state index is 6.24. The van der Waals surface area contributed by atoms with Crippen LogP contribution in [0.25, 0.3) is 16.9 Å². The van der Waals surface area contributed by atoms with Gasteiger partial charge in [0.05, 0.1) is 12.8 Å². The molecule has 0 amide bonds. The fourth-order valence-corrected chi connectivity index (χ4v) is 3.62. The number of hydrogen-bond donors (Lipinski definition) is 1. The number of para-hydroxylation sites is 1. The predicted molar refractivity (Wildman–Crippen MR) is 102 cm³/mol. The van der Waals surface area contributed by atoms with Gasteiger partial charge in [-0.25, -0.2) is 4.68 Å². The SMILES string of the molecule is CCc1ccccc1-n1nc(-c2cc(Cl)ccc2OC)c2c1NCC2. The third-order valence-corrected chi connectivity index (χ3v) is 4.90.